The van der Waals surface area contributed by atoms with Gasteiger partial charge >= 0.3 is 0 Å². The van der Waals surface area contributed by atoms with E-state index in [9.17, 15) is 13.2 Å². The van der Waals surface area contributed by atoms with Gasteiger partial charge in [0.1, 0.15) is 0 Å². The molecule has 0 heterocycles. The van der Waals surface area contributed by atoms with Crippen LogP contribution in [0, 0.1) is 13.8 Å². The molecule has 1 N–H and O–H groups in total. The van der Waals surface area contributed by atoms with Gasteiger partial charge in [-0.05, 0) is 55.7 Å². The standard InChI is InChI=1S/C22H28N2O3S/c1-6-14-24(28(5,26)27)19-11-9-18(10-12-19)22(25)23-21(7-2)20-13-8-16(3)15-17(20)4/h6,8-13,15,21H,1,7,14H2,2-5H3,(H,23,25)/t21-/m0/s1. The summed E-state index contributed by atoms with van der Waals surface area (Å²) < 4.78 is 25.1. The minimum absolute atomic E-state index is 0.0824. The van der Waals surface area contributed by atoms with Crippen molar-refractivity contribution < 1.29 is 13.2 Å². The third-order valence-corrected chi connectivity index (χ3v) is 5.79. The normalized spacial score (nSPS) is 12.3. The molecule has 0 radical (unpaired) electrons. The fourth-order valence-corrected chi connectivity index (χ4v) is 4.07. The summed E-state index contributed by atoms with van der Waals surface area (Å²) in [7, 11) is -3.42. The van der Waals surface area contributed by atoms with Crippen LogP contribution in [-0.2, 0) is 10.0 Å². The lowest BCUT2D eigenvalue weighted by Gasteiger charge is -2.22. The monoisotopic (exact) mass is 400 g/mol. The Morgan fingerprint density at radius 3 is 2.32 bits per heavy atom. The van der Waals surface area contributed by atoms with Crippen LogP contribution in [0.5, 0.6) is 0 Å². The zero-order chi connectivity index (χ0) is 20.9. The Hall–Kier alpha value is -2.60. The van der Waals surface area contributed by atoms with Crippen molar-refractivity contribution in [2.24, 2.45) is 0 Å². The number of nitrogens with zero attached hydrogens (tertiary/aromatic N) is 1. The quantitative estimate of drug-likeness (QED) is 0.677. The van der Waals surface area contributed by atoms with Gasteiger partial charge in [0, 0.05) is 5.56 Å². The molecule has 1 atom stereocenters. The zero-order valence-corrected chi connectivity index (χ0v) is 17.7. The summed E-state index contributed by atoms with van der Waals surface area (Å²) in [5, 5.41) is 3.08. The first-order valence-corrected chi connectivity index (χ1v) is 11.1. The van der Waals surface area contributed by atoms with E-state index < -0.39 is 10.0 Å². The number of anilines is 1. The van der Waals surface area contributed by atoms with Gasteiger partial charge in [-0.2, -0.15) is 0 Å². The number of rotatable bonds is 8. The van der Waals surface area contributed by atoms with Crippen molar-refractivity contribution >= 4 is 21.6 Å². The van der Waals surface area contributed by atoms with Gasteiger partial charge in [0.05, 0.1) is 24.5 Å². The molecule has 2 aromatic rings. The molecule has 0 aliphatic carbocycles. The van der Waals surface area contributed by atoms with Gasteiger partial charge in [-0.25, -0.2) is 8.42 Å². The third kappa shape index (κ3) is 5.23. The summed E-state index contributed by atoms with van der Waals surface area (Å²) in [6.45, 7) is 9.90. The maximum absolute atomic E-state index is 12.7. The number of nitrogens with one attached hydrogen (secondary N) is 1. The average Bonchev–Trinajstić information content (AvgIpc) is 2.63. The highest BCUT2D eigenvalue weighted by Gasteiger charge is 2.18. The van der Waals surface area contributed by atoms with Crippen molar-refractivity contribution in [3.8, 4) is 0 Å². The summed E-state index contributed by atoms with van der Waals surface area (Å²) >= 11 is 0. The largest absolute Gasteiger partial charge is 0.345 e. The summed E-state index contributed by atoms with van der Waals surface area (Å²) in [6.07, 6.45) is 3.44. The molecule has 1 amide bonds. The lowest BCUT2D eigenvalue weighted by molar-refractivity contribution is 0.0935. The van der Waals surface area contributed by atoms with E-state index in [0.717, 1.165) is 23.8 Å². The van der Waals surface area contributed by atoms with Crippen LogP contribution in [0.4, 0.5) is 5.69 Å². The fourth-order valence-electron chi connectivity index (χ4n) is 3.19. The first-order valence-electron chi connectivity index (χ1n) is 9.24. The molecular formula is C22H28N2O3S. The maximum Gasteiger partial charge on any atom is 0.251 e. The van der Waals surface area contributed by atoms with Crippen LogP contribution in [0.15, 0.2) is 55.1 Å². The molecule has 5 nitrogen and oxygen atoms in total. The minimum Gasteiger partial charge on any atom is -0.345 e. The molecule has 2 rings (SSSR count). The number of amides is 1. The average molecular weight is 401 g/mol. The molecule has 0 bridgehead atoms. The third-order valence-electron chi connectivity index (χ3n) is 4.63. The number of sulfonamides is 1. The van der Waals surface area contributed by atoms with Gasteiger partial charge in [0.25, 0.3) is 5.91 Å². The predicted molar refractivity (Wildman–Crippen MR) is 115 cm³/mol. The summed E-state index contributed by atoms with van der Waals surface area (Å²) in [5.74, 6) is -0.187. The van der Waals surface area contributed by atoms with Gasteiger partial charge in [-0.3, -0.25) is 9.10 Å². The first kappa shape index (κ1) is 21.7. The number of aryl methyl sites for hydroxylation is 2. The second-order valence-corrected chi connectivity index (χ2v) is 8.83. The number of hydrogen-bond donors (Lipinski definition) is 1. The predicted octanol–water partition coefficient (Wildman–Crippen LogP) is 4.14. The topological polar surface area (TPSA) is 66.5 Å². The highest BCUT2D eigenvalue weighted by atomic mass is 32.2. The van der Waals surface area contributed by atoms with E-state index in [1.807, 2.05) is 26.8 Å². The molecule has 0 aliphatic rings. The van der Waals surface area contributed by atoms with E-state index in [1.54, 1.807) is 24.3 Å². The molecule has 150 valence electrons. The van der Waals surface area contributed by atoms with Crippen LogP contribution in [0.25, 0.3) is 0 Å². The van der Waals surface area contributed by atoms with Gasteiger partial charge in [0.15, 0.2) is 0 Å². The first-order chi connectivity index (χ1) is 13.2. The number of hydrogen-bond acceptors (Lipinski definition) is 3. The Morgan fingerprint density at radius 2 is 1.82 bits per heavy atom. The fraction of sp³-hybridized carbons (Fsp3) is 0.318. The highest BCUT2D eigenvalue weighted by Crippen LogP contribution is 2.23. The van der Waals surface area contributed by atoms with Gasteiger partial charge in [-0.1, -0.05) is 36.8 Å². The number of carbonyl (C=O) groups is 1. The van der Waals surface area contributed by atoms with E-state index in [0.29, 0.717) is 11.3 Å². The molecular weight excluding hydrogens is 372 g/mol. The minimum atomic E-state index is -3.42. The smallest absolute Gasteiger partial charge is 0.251 e. The van der Waals surface area contributed by atoms with Gasteiger partial charge < -0.3 is 5.32 Å². The lowest BCUT2D eigenvalue weighted by atomic mass is 9.97. The van der Waals surface area contributed by atoms with Crippen molar-refractivity contribution in [2.75, 3.05) is 17.1 Å². The number of carbonyl (C=O) groups excluding carboxylic acids is 1. The molecule has 0 aliphatic heterocycles. The van der Waals surface area contributed by atoms with E-state index in [2.05, 4.69) is 24.0 Å². The Kier molecular flexibility index (Phi) is 7.02. The maximum atomic E-state index is 12.7. The lowest BCUT2D eigenvalue weighted by Crippen LogP contribution is -2.30. The molecule has 2 aromatic carbocycles. The van der Waals surface area contributed by atoms with E-state index in [-0.39, 0.29) is 18.5 Å². The Morgan fingerprint density at radius 1 is 1.18 bits per heavy atom. The van der Waals surface area contributed by atoms with Crippen molar-refractivity contribution in [2.45, 2.75) is 33.2 Å². The Bertz CT molecular complexity index is 950. The molecule has 28 heavy (non-hydrogen) atoms. The van der Waals surface area contributed by atoms with Crippen molar-refractivity contribution in [1.29, 1.82) is 0 Å². The van der Waals surface area contributed by atoms with Crippen molar-refractivity contribution in [1.82, 2.24) is 5.32 Å². The Labute approximate surface area is 168 Å². The summed E-state index contributed by atoms with van der Waals surface area (Å²) in [5.41, 5.74) is 4.43. The second-order valence-electron chi connectivity index (χ2n) is 6.92. The summed E-state index contributed by atoms with van der Waals surface area (Å²) in [4.78, 5) is 12.7. The second kappa shape index (κ2) is 9.06. The van der Waals surface area contributed by atoms with Crippen LogP contribution >= 0.6 is 0 Å². The Balaban J connectivity index is 2.21. The summed E-state index contributed by atoms with van der Waals surface area (Å²) in [6, 6.07) is 12.7. The highest BCUT2D eigenvalue weighted by molar-refractivity contribution is 7.92. The van der Waals surface area contributed by atoms with Crippen LogP contribution < -0.4 is 9.62 Å². The van der Waals surface area contributed by atoms with E-state index in [4.69, 9.17) is 0 Å². The van der Waals surface area contributed by atoms with Crippen LogP contribution in [0.1, 0.15) is 46.4 Å². The molecule has 0 aromatic heterocycles. The molecule has 6 heteroatoms. The van der Waals surface area contributed by atoms with E-state index in [1.165, 1.54) is 15.9 Å². The molecule has 0 saturated carbocycles. The number of benzene rings is 2. The van der Waals surface area contributed by atoms with Gasteiger partial charge in [0.2, 0.25) is 10.0 Å². The zero-order valence-electron chi connectivity index (χ0n) is 16.9. The van der Waals surface area contributed by atoms with Gasteiger partial charge in [-0.15, -0.1) is 6.58 Å². The SMILES string of the molecule is C=CCN(c1ccc(C(=O)N[C@@H](CC)c2ccc(C)cc2C)cc1)S(C)(=O)=O. The molecule has 0 saturated heterocycles. The van der Waals surface area contributed by atoms with Crippen molar-refractivity contribution in [3.05, 3.63) is 77.4 Å². The van der Waals surface area contributed by atoms with Crippen LogP contribution in [0.2, 0.25) is 0 Å². The molecule has 0 fully saturated rings. The molecule has 0 spiro atoms. The van der Waals surface area contributed by atoms with Crippen LogP contribution in [-0.4, -0.2) is 27.1 Å². The molecule has 0 unspecified atom stereocenters. The van der Waals surface area contributed by atoms with Crippen molar-refractivity contribution in [3.63, 3.8) is 0 Å². The van der Waals surface area contributed by atoms with E-state index >= 15 is 0 Å². The van der Waals surface area contributed by atoms with Crippen LogP contribution in [0.3, 0.4) is 0 Å².